The minimum absolute atomic E-state index is 0.303. The van der Waals surface area contributed by atoms with E-state index in [0.717, 1.165) is 11.1 Å². The maximum Gasteiger partial charge on any atom is 0.303 e. The second-order valence-corrected chi connectivity index (χ2v) is 8.66. The van der Waals surface area contributed by atoms with E-state index in [1.54, 1.807) is 60.7 Å². The number of hydrogen-bond acceptors (Lipinski definition) is 5. The van der Waals surface area contributed by atoms with Gasteiger partial charge in [0.2, 0.25) is 0 Å². The third kappa shape index (κ3) is 5.03. The molecule has 0 aliphatic carbocycles. The number of rotatable bonds is 5. The summed E-state index contributed by atoms with van der Waals surface area (Å²) in [6.45, 7) is 1.30. The minimum atomic E-state index is -1.05. The van der Waals surface area contributed by atoms with E-state index < -0.39 is 30.3 Å². The van der Waals surface area contributed by atoms with Gasteiger partial charge in [-0.2, -0.15) is 0 Å². The average molecular weight is 485 g/mol. The average Bonchev–Trinajstić information content (AvgIpc) is 2.81. The molecule has 33 heavy (non-hydrogen) atoms. The van der Waals surface area contributed by atoms with Crippen molar-refractivity contribution in [2.24, 2.45) is 0 Å². The zero-order valence-electron chi connectivity index (χ0n) is 18.0. The van der Waals surface area contributed by atoms with Gasteiger partial charge in [0.25, 0.3) is 5.91 Å². The van der Waals surface area contributed by atoms with Crippen LogP contribution in [0.3, 0.4) is 0 Å². The Hall–Kier alpha value is -2.93. The number of esters is 1. The second kappa shape index (κ2) is 9.91. The number of likely N-dealkylation sites (N-methyl/N-ethyl adjacent to an activating group) is 1. The fourth-order valence-electron chi connectivity index (χ4n) is 4.04. The number of ether oxygens (including phenoxy) is 2. The van der Waals surface area contributed by atoms with Crippen molar-refractivity contribution in [3.8, 4) is 0 Å². The molecule has 1 aliphatic rings. The first kappa shape index (κ1) is 23.2. The predicted molar refractivity (Wildman–Crippen MR) is 125 cm³/mol. The summed E-state index contributed by atoms with van der Waals surface area (Å²) in [6, 6.07) is 17.5. The van der Waals surface area contributed by atoms with Gasteiger partial charge >= 0.3 is 5.97 Å². The Kier molecular flexibility index (Phi) is 6.98. The van der Waals surface area contributed by atoms with Gasteiger partial charge in [0, 0.05) is 36.4 Å². The van der Waals surface area contributed by atoms with E-state index in [2.05, 4.69) is 4.98 Å². The molecule has 0 N–H and O–H groups in total. The van der Waals surface area contributed by atoms with Crippen molar-refractivity contribution in [1.29, 1.82) is 0 Å². The van der Waals surface area contributed by atoms with Crippen molar-refractivity contribution in [3.05, 3.63) is 99.8 Å². The molecule has 0 radical (unpaired) electrons. The molecule has 1 aliphatic heterocycles. The van der Waals surface area contributed by atoms with Gasteiger partial charge in [-0.25, -0.2) is 0 Å². The van der Waals surface area contributed by atoms with Crippen LogP contribution in [0.4, 0.5) is 0 Å². The lowest BCUT2D eigenvalue weighted by Crippen LogP contribution is -2.51. The molecule has 4 rings (SSSR count). The lowest BCUT2D eigenvalue weighted by atomic mass is 9.90. The van der Waals surface area contributed by atoms with Crippen molar-refractivity contribution < 1.29 is 19.1 Å². The highest BCUT2D eigenvalue weighted by Gasteiger charge is 2.47. The molecule has 0 saturated carbocycles. The first-order valence-corrected chi connectivity index (χ1v) is 11.1. The zero-order valence-corrected chi connectivity index (χ0v) is 19.5. The quantitative estimate of drug-likeness (QED) is 0.457. The van der Waals surface area contributed by atoms with Gasteiger partial charge in [-0.1, -0.05) is 47.5 Å². The largest absolute Gasteiger partial charge is 0.454 e. The van der Waals surface area contributed by atoms with Gasteiger partial charge in [0.05, 0.1) is 6.04 Å². The molecule has 1 saturated heterocycles. The number of hydrogen-bond donors (Lipinski definition) is 0. The summed E-state index contributed by atoms with van der Waals surface area (Å²) >= 11 is 12.2. The van der Waals surface area contributed by atoms with E-state index in [-0.39, 0.29) is 5.91 Å². The predicted octanol–water partition coefficient (Wildman–Crippen LogP) is 5.33. The normalized spacial score (nSPS) is 21.5. The first-order valence-electron chi connectivity index (χ1n) is 10.4. The van der Waals surface area contributed by atoms with Crippen molar-refractivity contribution >= 4 is 35.1 Å². The van der Waals surface area contributed by atoms with Crippen LogP contribution in [0, 0.1) is 0 Å². The Balaban J connectivity index is 1.78. The number of nitrogens with zero attached hydrogens (tertiary/aromatic N) is 2. The highest BCUT2D eigenvalue weighted by Crippen LogP contribution is 2.44. The summed E-state index contributed by atoms with van der Waals surface area (Å²) in [4.78, 5) is 31.1. The number of carbonyl (C=O) groups is 2. The van der Waals surface area contributed by atoms with Crippen molar-refractivity contribution in [2.45, 2.75) is 31.3 Å². The van der Waals surface area contributed by atoms with E-state index in [9.17, 15) is 9.59 Å². The summed E-state index contributed by atoms with van der Waals surface area (Å²) < 4.78 is 12.0. The molecule has 2 aromatic carbocycles. The highest BCUT2D eigenvalue weighted by atomic mass is 35.5. The number of morpholine rings is 1. The molecule has 6 nitrogen and oxygen atoms in total. The number of pyridine rings is 1. The molecule has 8 heteroatoms. The standard InChI is InChI=1S/C25H22Cl2N2O4/c1-15(30)32-23(18-11-13-28-14-12-18)24-25(31)29(2)21(16-3-7-19(26)8-4-16)22(33-24)17-5-9-20(27)10-6-17/h3-14,21-24H,1-2H3/t21-,22-,23?,24-/m1/s1. The van der Waals surface area contributed by atoms with Crippen LogP contribution in [0.2, 0.25) is 10.0 Å². The summed E-state index contributed by atoms with van der Waals surface area (Å²) in [5, 5.41) is 1.19. The molecule has 1 aromatic heterocycles. The van der Waals surface area contributed by atoms with E-state index >= 15 is 0 Å². The van der Waals surface area contributed by atoms with E-state index in [1.165, 1.54) is 6.92 Å². The number of carbonyl (C=O) groups excluding carboxylic acids is 2. The zero-order chi connectivity index (χ0) is 23.5. The lowest BCUT2D eigenvalue weighted by Gasteiger charge is -2.44. The van der Waals surface area contributed by atoms with Gasteiger partial charge in [-0.3, -0.25) is 14.6 Å². The number of benzene rings is 2. The van der Waals surface area contributed by atoms with Gasteiger partial charge in [-0.05, 0) is 53.1 Å². The molecular formula is C25H22Cl2N2O4. The number of halogens is 2. The van der Waals surface area contributed by atoms with Crippen LogP contribution in [-0.2, 0) is 19.1 Å². The topological polar surface area (TPSA) is 68.7 Å². The summed E-state index contributed by atoms with van der Waals surface area (Å²) in [6.07, 6.45) is 0.634. The third-order valence-electron chi connectivity index (χ3n) is 5.60. The Morgan fingerprint density at radius 2 is 1.52 bits per heavy atom. The molecule has 0 spiro atoms. The van der Waals surface area contributed by atoms with Crippen molar-refractivity contribution in [1.82, 2.24) is 9.88 Å². The fourth-order valence-corrected chi connectivity index (χ4v) is 4.29. The number of aromatic nitrogens is 1. The van der Waals surface area contributed by atoms with E-state index in [0.29, 0.717) is 15.6 Å². The van der Waals surface area contributed by atoms with Gasteiger partial charge < -0.3 is 14.4 Å². The van der Waals surface area contributed by atoms with Gasteiger partial charge in [0.15, 0.2) is 12.2 Å². The summed E-state index contributed by atoms with van der Waals surface area (Å²) in [5.41, 5.74) is 2.31. The van der Waals surface area contributed by atoms with Gasteiger partial charge in [-0.15, -0.1) is 0 Å². The van der Waals surface area contributed by atoms with Crippen LogP contribution >= 0.6 is 23.2 Å². The van der Waals surface area contributed by atoms with Crippen LogP contribution in [-0.4, -0.2) is 34.9 Å². The maximum absolute atomic E-state index is 13.6. The summed E-state index contributed by atoms with van der Waals surface area (Å²) in [7, 11) is 1.72. The number of amides is 1. The van der Waals surface area contributed by atoms with Gasteiger partial charge in [0.1, 0.15) is 6.10 Å². The van der Waals surface area contributed by atoms with Crippen LogP contribution in [0.1, 0.15) is 41.9 Å². The Morgan fingerprint density at radius 3 is 2.06 bits per heavy atom. The van der Waals surface area contributed by atoms with Crippen LogP contribution in [0.15, 0.2) is 73.1 Å². The monoisotopic (exact) mass is 484 g/mol. The molecule has 4 atom stereocenters. The molecule has 1 amide bonds. The van der Waals surface area contributed by atoms with Crippen molar-refractivity contribution in [3.63, 3.8) is 0 Å². The Morgan fingerprint density at radius 1 is 0.970 bits per heavy atom. The molecule has 170 valence electrons. The lowest BCUT2D eigenvalue weighted by molar-refractivity contribution is -0.193. The van der Waals surface area contributed by atoms with E-state index in [1.807, 2.05) is 24.3 Å². The molecule has 3 aromatic rings. The molecule has 1 unspecified atom stereocenters. The fraction of sp³-hybridized carbons (Fsp3) is 0.240. The van der Waals surface area contributed by atoms with Crippen LogP contribution in [0.25, 0.3) is 0 Å². The van der Waals surface area contributed by atoms with Crippen molar-refractivity contribution in [2.75, 3.05) is 7.05 Å². The first-order chi connectivity index (χ1) is 15.8. The molecule has 1 fully saturated rings. The van der Waals surface area contributed by atoms with E-state index in [4.69, 9.17) is 32.7 Å². The SMILES string of the molecule is CC(=O)OC(c1ccncc1)[C@H]1O[C@H](c2ccc(Cl)cc2)[C@@H](c2ccc(Cl)cc2)N(C)C1=O. The summed E-state index contributed by atoms with van der Waals surface area (Å²) in [5.74, 6) is -0.818. The van der Waals surface area contributed by atoms with Crippen LogP contribution < -0.4 is 0 Å². The second-order valence-electron chi connectivity index (χ2n) is 7.78. The smallest absolute Gasteiger partial charge is 0.303 e. The highest BCUT2D eigenvalue weighted by molar-refractivity contribution is 6.30. The maximum atomic E-state index is 13.6. The molecule has 0 bridgehead atoms. The minimum Gasteiger partial charge on any atom is -0.454 e. The third-order valence-corrected chi connectivity index (χ3v) is 6.10. The Labute approximate surface area is 202 Å². The Bertz CT molecular complexity index is 1120. The molecule has 2 heterocycles. The molecular weight excluding hydrogens is 463 g/mol. The van der Waals surface area contributed by atoms with Crippen LogP contribution in [0.5, 0.6) is 0 Å².